The quantitative estimate of drug-likeness (QED) is 0.727. The first-order valence-electron chi connectivity index (χ1n) is 4.93. The highest BCUT2D eigenvalue weighted by Gasteiger charge is 2.18. The summed E-state index contributed by atoms with van der Waals surface area (Å²) in [6, 6.07) is 0. The topological polar surface area (TPSA) is 29.3 Å². The van der Waals surface area contributed by atoms with Crippen LogP contribution in [0.5, 0.6) is 0 Å². The normalized spacial score (nSPS) is 21.2. The van der Waals surface area contributed by atoms with E-state index in [1.165, 1.54) is 0 Å². The molecule has 2 N–H and O–H groups in total. The number of rotatable bonds is 4. The molecule has 1 aliphatic heterocycles. The molecule has 0 saturated carbocycles. The van der Waals surface area contributed by atoms with Gasteiger partial charge < -0.3 is 10.6 Å². The Bertz CT molecular complexity index is 134. The van der Waals surface area contributed by atoms with Gasteiger partial charge in [-0.15, -0.1) is 0 Å². The molecule has 0 aromatic rings. The zero-order valence-electron chi connectivity index (χ0n) is 7.88. The largest absolute Gasteiger partial charge is 0.330 e. The summed E-state index contributed by atoms with van der Waals surface area (Å²) in [6.45, 7) is 3.15. The van der Waals surface area contributed by atoms with E-state index >= 15 is 0 Å². The van der Waals surface area contributed by atoms with Crippen LogP contribution in [-0.2, 0) is 0 Å². The molecule has 1 rings (SSSR count). The van der Waals surface area contributed by atoms with Gasteiger partial charge in [-0.2, -0.15) is 0 Å². The van der Waals surface area contributed by atoms with Gasteiger partial charge >= 0.3 is 0 Å². The van der Waals surface area contributed by atoms with Gasteiger partial charge in [0, 0.05) is 13.0 Å². The van der Waals surface area contributed by atoms with Crippen molar-refractivity contribution in [2.45, 2.75) is 25.7 Å². The number of hydrogen-bond acceptors (Lipinski definition) is 2. The Morgan fingerprint density at radius 1 is 1.31 bits per heavy atom. The van der Waals surface area contributed by atoms with Crippen LogP contribution in [0.25, 0.3) is 0 Å². The van der Waals surface area contributed by atoms with Crippen molar-refractivity contribution in [2.75, 3.05) is 26.2 Å². The van der Waals surface area contributed by atoms with Gasteiger partial charge in [-0.3, -0.25) is 0 Å². The summed E-state index contributed by atoms with van der Waals surface area (Å²) in [6.07, 6.45) is -0.0144. The van der Waals surface area contributed by atoms with E-state index in [1.807, 2.05) is 0 Å². The summed E-state index contributed by atoms with van der Waals surface area (Å²) < 4.78 is 23.8. The lowest BCUT2D eigenvalue weighted by atomic mass is 9.97. The molecule has 2 nitrogen and oxygen atoms in total. The number of nitrogens with zero attached hydrogens (tertiary/aromatic N) is 1. The minimum Gasteiger partial charge on any atom is -0.330 e. The second-order valence-electron chi connectivity index (χ2n) is 3.70. The average molecular weight is 192 g/mol. The molecule has 0 bridgehead atoms. The van der Waals surface area contributed by atoms with Crippen LogP contribution in [-0.4, -0.2) is 37.5 Å². The van der Waals surface area contributed by atoms with E-state index in [2.05, 4.69) is 4.90 Å². The minimum absolute atomic E-state index is 0.00723. The standard InChI is InChI=1S/C9H18F2N2/c10-9(11)3-6-13-4-1-8(7-12)2-5-13/h8-9H,1-7,12H2. The maximum atomic E-state index is 11.9. The Hall–Kier alpha value is -0.220. The molecule has 0 spiro atoms. The van der Waals surface area contributed by atoms with E-state index in [1.54, 1.807) is 0 Å². The predicted molar refractivity (Wildman–Crippen MR) is 48.8 cm³/mol. The summed E-state index contributed by atoms with van der Waals surface area (Å²) in [5.41, 5.74) is 5.53. The number of nitrogens with two attached hydrogens (primary N) is 1. The molecule has 0 aliphatic carbocycles. The number of piperidine rings is 1. The molecule has 0 radical (unpaired) electrons. The first-order valence-corrected chi connectivity index (χ1v) is 4.93. The van der Waals surface area contributed by atoms with Crippen molar-refractivity contribution in [3.63, 3.8) is 0 Å². The third kappa shape index (κ3) is 4.00. The van der Waals surface area contributed by atoms with Gasteiger partial charge in [0.15, 0.2) is 0 Å². The lowest BCUT2D eigenvalue weighted by molar-refractivity contribution is 0.103. The fourth-order valence-corrected chi connectivity index (χ4v) is 1.73. The van der Waals surface area contributed by atoms with E-state index in [9.17, 15) is 8.78 Å². The molecule has 0 aromatic heterocycles. The monoisotopic (exact) mass is 192 g/mol. The smallest absolute Gasteiger partial charge is 0.239 e. The molecule has 0 atom stereocenters. The molecule has 4 heteroatoms. The number of halogens is 2. The Morgan fingerprint density at radius 2 is 1.92 bits per heavy atom. The second-order valence-corrected chi connectivity index (χ2v) is 3.70. The molecule has 13 heavy (non-hydrogen) atoms. The van der Waals surface area contributed by atoms with Gasteiger partial charge in [0.2, 0.25) is 6.43 Å². The van der Waals surface area contributed by atoms with Crippen molar-refractivity contribution >= 4 is 0 Å². The van der Waals surface area contributed by atoms with Gasteiger partial charge in [0.1, 0.15) is 0 Å². The zero-order chi connectivity index (χ0) is 9.68. The Morgan fingerprint density at radius 3 is 2.38 bits per heavy atom. The summed E-state index contributed by atoms with van der Waals surface area (Å²) in [7, 11) is 0. The molecule has 78 valence electrons. The molecule has 0 unspecified atom stereocenters. The molecule has 0 amide bonds. The lowest BCUT2D eigenvalue weighted by Crippen LogP contribution is -2.37. The molecular formula is C9H18F2N2. The van der Waals surface area contributed by atoms with Gasteiger partial charge in [-0.05, 0) is 38.4 Å². The third-order valence-electron chi connectivity index (χ3n) is 2.70. The molecule has 1 saturated heterocycles. The van der Waals surface area contributed by atoms with Crippen molar-refractivity contribution in [1.29, 1.82) is 0 Å². The minimum atomic E-state index is -2.16. The van der Waals surface area contributed by atoms with Crippen LogP contribution < -0.4 is 5.73 Å². The summed E-state index contributed by atoms with van der Waals surface area (Å²) in [5, 5.41) is 0. The van der Waals surface area contributed by atoms with Crippen LogP contribution in [0.15, 0.2) is 0 Å². The average Bonchev–Trinajstić information content (AvgIpc) is 2.15. The first kappa shape index (κ1) is 10.9. The summed E-state index contributed by atoms with van der Waals surface area (Å²) in [4.78, 5) is 2.11. The van der Waals surface area contributed by atoms with E-state index < -0.39 is 6.43 Å². The molecular weight excluding hydrogens is 174 g/mol. The van der Waals surface area contributed by atoms with Crippen LogP contribution in [0.4, 0.5) is 8.78 Å². The highest BCUT2D eigenvalue weighted by Crippen LogP contribution is 2.16. The van der Waals surface area contributed by atoms with Crippen molar-refractivity contribution in [2.24, 2.45) is 11.7 Å². The third-order valence-corrected chi connectivity index (χ3v) is 2.70. The Balaban J connectivity index is 2.10. The number of alkyl halides is 2. The maximum Gasteiger partial charge on any atom is 0.239 e. The predicted octanol–water partition coefficient (Wildman–Crippen LogP) is 1.31. The Labute approximate surface area is 78.1 Å². The van der Waals surface area contributed by atoms with Gasteiger partial charge in [-0.1, -0.05) is 0 Å². The highest BCUT2D eigenvalue weighted by atomic mass is 19.3. The van der Waals surface area contributed by atoms with Crippen LogP contribution in [0.3, 0.4) is 0 Å². The SMILES string of the molecule is NCC1CCN(CCC(F)F)CC1. The highest BCUT2D eigenvalue weighted by molar-refractivity contribution is 4.72. The first-order chi connectivity index (χ1) is 6.22. The van der Waals surface area contributed by atoms with Crippen molar-refractivity contribution in [3.05, 3.63) is 0 Å². The fraction of sp³-hybridized carbons (Fsp3) is 1.00. The fourth-order valence-electron chi connectivity index (χ4n) is 1.73. The molecule has 0 aromatic carbocycles. The maximum absolute atomic E-state index is 11.9. The molecule has 1 aliphatic rings. The second kappa shape index (κ2) is 5.50. The molecule has 1 heterocycles. The van der Waals surface area contributed by atoms with E-state index in [0.717, 1.165) is 32.5 Å². The lowest BCUT2D eigenvalue weighted by Gasteiger charge is -2.31. The summed E-state index contributed by atoms with van der Waals surface area (Å²) >= 11 is 0. The van der Waals surface area contributed by atoms with Crippen molar-refractivity contribution in [3.8, 4) is 0 Å². The van der Waals surface area contributed by atoms with Crippen LogP contribution in [0, 0.1) is 5.92 Å². The zero-order valence-corrected chi connectivity index (χ0v) is 7.88. The number of likely N-dealkylation sites (tertiary alicyclic amines) is 1. The van der Waals surface area contributed by atoms with E-state index in [0.29, 0.717) is 12.5 Å². The summed E-state index contributed by atoms with van der Waals surface area (Å²) in [5.74, 6) is 0.614. The van der Waals surface area contributed by atoms with Crippen molar-refractivity contribution in [1.82, 2.24) is 4.90 Å². The number of hydrogen-bond donors (Lipinski definition) is 1. The van der Waals surface area contributed by atoms with Gasteiger partial charge in [-0.25, -0.2) is 8.78 Å². The van der Waals surface area contributed by atoms with Crippen molar-refractivity contribution < 1.29 is 8.78 Å². The van der Waals surface area contributed by atoms with Gasteiger partial charge in [0.05, 0.1) is 0 Å². The van der Waals surface area contributed by atoms with Crippen LogP contribution >= 0.6 is 0 Å². The van der Waals surface area contributed by atoms with Crippen LogP contribution in [0.1, 0.15) is 19.3 Å². The van der Waals surface area contributed by atoms with E-state index in [4.69, 9.17) is 5.73 Å². The molecule has 1 fully saturated rings. The van der Waals surface area contributed by atoms with Gasteiger partial charge in [0.25, 0.3) is 0 Å². The van der Waals surface area contributed by atoms with E-state index in [-0.39, 0.29) is 6.42 Å². The van der Waals surface area contributed by atoms with Crippen LogP contribution in [0.2, 0.25) is 0 Å². The Kier molecular flexibility index (Phi) is 4.59.